The van der Waals surface area contributed by atoms with Crippen LogP contribution in [0.3, 0.4) is 0 Å². The van der Waals surface area contributed by atoms with E-state index in [0.717, 1.165) is 43.4 Å². The third kappa shape index (κ3) is 4.71. The number of pyridine rings is 1. The number of hydrogen-bond donors (Lipinski definition) is 1. The Balaban J connectivity index is 1.25. The number of piperazine rings is 1. The van der Waals surface area contributed by atoms with E-state index in [2.05, 4.69) is 43.2 Å². The molecule has 1 amide bonds. The molecule has 2 atom stereocenters. The number of hydrogen-bond acceptors (Lipinski definition) is 10. The molecule has 2 unspecified atom stereocenters. The first-order valence-corrected chi connectivity index (χ1v) is 16.2. The number of alkyl halides is 3. The number of sulfone groups is 1. The molecule has 2 bridgehead atoms. The number of anilines is 3. The Morgan fingerprint density at radius 1 is 1.07 bits per heavy atom. The summed E-state index contributed by atoms with van der Waals surface area (Å²) in [6.07, 6.45) is 0.765. The van der Waals surface area contributed by atoms with E-state index in [1.165, 1.54) is 18.4 Å². The fourth-order valence-corrected chi connectivity index (χ4v) is 8.96. The average molecular weight is 620 g/mol. The largest absolute Gasteiger partial charge is 0.420 e. The molecule has 1 saturated carbocycles. The molecule has 7 heterocycles. The third-order valence-electron chi connectivity index (χ3n) is 8.66. The second kappa shape index (κ2) is 9.61. The average Bonchev–Trinajstić information content (AvgIpc) is 3.72. The van der Waals surface area contributed by atoms with Crippen LogP contribution in [0.4, 0.5) is 30.6 Å². The van der Waals surface area contributed by atoms with E-state index in [1.807, 2.05) is 0 Å². The Hall–Kier alpha value is -3.30. The molecule has 0 spiro atoms. The number of amides is 1. The Bertz CT molecular complexity index is 1700. The van der Waals surface area contributed by atoms with Crippen molar-refractivity contribution in [3.05, 3.63) is 40.5 Å². The number of carbonyl (C=O) groups excluding carboxylic acids is 1. The van der Waals surface area contributed by atoms with Gasteiger partial charge in [-0.1, -0.05) is 0 Å². The van der Waals surface area contributed by atoms with Crippen LogP contribution in [0.25, 0.3) is 10.6 Å². The standard InChI is InChI=1S/C27H28F3N7O3S2/c1-35-5-6-42(39,40)21-9-20(41-24(21)25(35)38)23-18(27(28,29)30)10-32-26(34-23)33-19-11-31-22(8-17(19)14-3-4-14)37-12-15-7-16(13-37)36(15)2/h8-11,14-16H,3-7,12-13H2,1-2H3,(H,32,33,34). The normalized spacial score (nSPS) is 23.8. The van der Waals surface area contributed by atoms with Gasteiger partial charge in [0, 0.05) is 45.0 Å². The number of nitrogens with zero attached hydrogens (tertiary/aromatic N) is 6. The maximum atomic E-state index is 14.1. The Morgan fingerprint density at radius 2 is 1.81 bits per heavy atom. The molecule has 4 aliphatic heterocycles. The number of likely N-dealkylation sites (N-methyl/N-ethyl adjacent to an activating group) is 1. The summed E-state index contributed by atoms with van der Waals surface area (Å²) in [5.41, 5.74) is 0.0259. The van der Waals surface area contributed by atoms with Crippen molar-refractivity contribution in [1.82, 2.24) is 24.8 Å². The van der Waals surface area contributed by atoms with Gasteiger partial charge in [0.2, 0.25) is 5.95 Å². The highest BCUT2D eigenvalue weighted by Crippen LogP contribution is 2.46. The predicted molar refractivity (Wildman–Crippen MR) is 151 cm³/mol. The molecule has 1 N–H and O–H groups in total. The van der Waals surface area contributed by atoms with Crippen LogP contribution in [0.15, 0.2) is 29.4 Å². The van der Waals surface area contributed by atoms with Crippen LogP contribution >= 0.6 is 11.3 Å². The number of piperidine rings is 1. The lowest BCUT2D eigenvalue weighted by Crippen LogP contribution is -2.67. The van der Waals surface area contributed by atoms with Gasteiger partial charge in [-0.25, -0.2) is 23.4 Å². The van der Waals surface area contributed by atoms with E-state index >= 15 is 0 Å². The Labute approximate surface area is 244 Å². The summed E-state index contributed by atoms with van der Waals surface area (Å²) in [6.45, 7) is 1.81. The molecule has 3 aromatic rings. The summed E-state index contributed by atoms with van der Waals surface area (Å²) in [6, 6.07) is 4.22. The summed E-state index contributed by atoms with van der Waals surface area (Å²) in [4.78, 5) is 31.2. The molecule has 0 radical (unpaired) electrons. The van der Waals surface area contributed by atoms with Crippen LogP contribution in [0, 0.1) is 0 Å². The fourth-order valence-electron chi connectivity index (χ4n) is 5.92. The van der Waals surface area contributed by atoms with Crippen molar-refractivity contribution in [2.75, 3.05) is 49.7 Å². The second-order valence-corrected chi connectivity index (χ2v) is 14.6. The lowest BCUT2D eigenvalue weighted by molar-refractivity contribution is -0.137. The molecular weight excluding hydrogens is 591 g/mol. The monoisotopic (exact) mass is 619 g/mol. The zero-order valence-electron chi connectivity index (χ0n) is 22.8. The van der Waals surface area contributed by atoms with E-state index in [-0.39, 0.29) is 32.9 Å². The molecule has 42 heavy (non-hydrogen) atoms. The molecule has 8 rings (SSSR count). The zero-order chi connectivity index (χ0) is 29.6. The van der Waals surface area contributed by atoms with Crippen LogP contribution in [0.5, 0.6) is 0 Å². The molecule has 4 fully saturated rings. The van der Waals surface area contributed by atoms with Gasteiger partial charge in [-0.2, -0.15) is 13.2 Å². The number of nitrogens with one attached hydrogen (secondary N) is 1. The number of aromatic nitrogens is 3. The molecule has 1 aliphatic carbocycles. The zero-order valence-corrected chi connectivity index (χ0v) is 24.5. The maximum Gasteiger partial charge on any atom is 0.420 e. The van der Waals surface area contributed by atoms with Gasteiger partial charge >= 0.3 is 6.18 Å². The molecule has 10 nitrogen and oxygen atoms in total. The van der Waals surface area contributed by atoms with Gasteiger partial charge in [0.05, 0.1) is 33.1 Å². The van der Waals surface area contributed by atoms with Crippen LogP contribution in [0.1, 0.15) is 46.0 Å². The van der Waals surface area contributed by atoms with Crippen LogP contribution in [-0.2, 0) is 16.0 Å². The summed E-state index contributed by atoms with van der Waals surface area (Å²) < 4.78 is 67.9. The van der Waals surface area contributed by atoms with Crippen LogP contribution in [-0.4, -0.2) is 90.6 Å². The highest BCUT2D eigenvalue weighted by Gasteiger charge is 2.43. The molecule has 222 valence electrons. The van der Waals surface area contributed by atoms with Gasteiger partial charge in [0.15, 0.2) is 9.84 Å². The summed E-state index contributed by atoms with van der Waals surface area (Å²) in [7, 11) is -0.264. The van der Waals surface area contributed by atoms with Gasteiger partial charge in [0.25, 0.3) is 5.91 Å². The SMILES string of the molecule is CN1CCS(=O)(=O)c2cc(-c3nc(Nc4cnc(N5CC6CC(C5)N6C)cc4C4CC4)ncc3C(F)(F)F)sc2C1=O. The van der Waals surface area contributed by atoms with Gasteiger partial charge in [-0.15, -0.1) is 11.3 Å². The van der Waals surface area contributed by atoms with Crippen LogP contribution in [0.2, 0.25) is 0 Å². The van der Waals surface area contributed by atoms with E-state index < -0.39 is 33.2 Å². The number of carbonyl (C=O) groups is 1. The van der Waals surface area contributed by atoms with Crippen molar-refractivity contribution >= 4 is 44.5 Å². The van der Waals surface area contributed by atoms with Crippen molar-refractivity contribution < 1.29 is 26.4 Å². The topological polar surface area (TPSA) is 112 Å². The van der Waals surface area contributed by atoms with E-state index in [0.29, 0.717) is 41.2 Å². The van der Waals surface area contributed by atoms with Crippen molar-refractivity contribution in [1.29, 1.82) is 0 Å². The van der Waals surface area contributed by atoms with Crippen molar-refractivity contribution in [2.24, 2.45) is 0 Å². The Kier molecular flexibility index (Phi) is 6.30. The number of thiophene rings is 1. The maximum absolute atomic E-state index is 14.1. The minimum absolute atomic E-state index is 0.000595. The van der Waals surface area contributed by atoms with Gasteiger partial charge < -0.3 is 15.1 Å². The molecule has 5 aliphatic rings. The van der Waals surface area contributed by atoms with Crippen molar-refractivity contribution in [3.8, 4) is 10.6 Å². The summed E-state index contributed by atoms with van der Waals surface area (Å²) in [5.74, 6) is 0.247. The summed E-state index contributed by atoms with van der Waals surface area (Å²) in [5, 5.41) is 3.07. The van der Waals surface area contributed by atoms with Crippen LogP contribution < -0.4 is 10.2 Å². The molecule has 0 aromatic carbocycles. The molecule has 15 heteroatoms. The second-order valence-electron chi connectivity index (χ2n) is 11.4. The minimum atomic E-state index is -4.81. The highest BCUT2D eigenvalue weighted by atomic mass is 32.2. The van der Waals surface area contributed by atoms with Crippen molar-refractivity contribution in [3.63, 3.8) is 0 Å². The number of rotatable bonds is 5. The fraction of sp³-hybridized carbons (Fsp3) is 0.481. The lowest BCUT2D eigenvalue weighted by Gasteiger charge is -2.55. The minimum Gasteiger partial charge on any atom is -0.353 e. The van der Waals surface area contributed by atoms with E-state index in [1.54, 1.807) is 6.20 Å². The quantitative estimate of drug-likeness (QED) is 0.453. The Morgan fingerprint density at radius 3 is 2.48 bits per heavy atom. The summed E-state index contributed by atoms with van der Waals surface area (Å²) >= 11 is 0.691. The first-order chi connectivity index (χ1) is 19.9. The third-order valence-corrected chi connectivity index (χ3v) is 11.6. The van der Waals surface area contributed by atoms with Gasteiger partial charge in [0.1, 0.15) is 16.3 Å². The molecular formula is C27H28F3N7O3S2. The van der Waals surface area contributed by atoms with Gasteiger partial charge in [-0.05, 0) is 49.9 Å². The smallest absolute Gasteiger partial charge is 0.353 e. The number of halogens is 3. The predicted octanol–water partition coefficient (Wildman–Crippen LogP) is 3.99. The highest BCUT2D eigenvalue weighted by molar-refractivity contribution is 7.91. The van der Waals surface area contributed by atoms with Gasteiger partial charge in [-0.3, -0.25) is 9.69 Å². The first kappa shape index (κ1) is 27.5. The first-order valence-electron chi connectivity index (χ1n) is 13.7. The molecule has 3 aromatic heterocycles. The van der Waals surface area contributed by atoms with E-state index in [9.17, 15) is 26.4 Å². The van der Waals surface area contributed by atoms with Crippen molar-refractivity contribution in [2.45, 2.75) is 48.3 Å². The lowest BCUT2D eigenvalue weighted by atomic mass is 9.88. The number of fused-ring (bicyclic) bond motifs is 3. The van der Waals surface area contributed by atoms with E-state index in [4.69, 9.17) is 0 Å². The molecule has 3 saturated heterocycles.